The molecule has 0 aromatic heterocycles. The summed E-state index contributed by atoms with van der Waals surface area (Å²) in [7, 11) is -1.69. The summed E-state index contributed by atoms with van der Waals surface area (Å²) in [4.78, 5) is -0.0787. The summed E-state index contributed by atoms with van der Waals surface area (Å²) in [6, 6.07) is 5.99. The first-order valence-corrected chi connectivity index (χ1v) is 4.85. The molecule has 12 heavy (non-hydrogen) atoms. The Kier molecular flexibility index (Phi) is 4.92. The zero-order valence-corrected chi connectivity index (χ0v) is 10.5. The van der Waals surface area contributed by atoms with Crippen molar-refractivity contribution in [3.63, 3.8) is 0 Å². The van der Waals surface area contributed by atoms with E-state index in [4.69, 9.17) is 4.55 Å². The van der Waals surface area contributed by atoms with E-state index in [-0.39, 0.29) is 35.9 Å². The third-order valence-corrected chi connectivity index (χ3v) is 2.36. The molecular formula is C6H8NaO3PS. The molecule has 0 aliphatic rings. The average Bonchev–Trinajstić information content (AvgIpc) is 1.86. The van der Waals surface area contributed by atoms with Gasteiger partial charge < -0.3 is 1.43 Å². The SMILES string of the molecule is O=S(=O)(O)c1cccc(P)c1.[H-].[Na+]. The van der Waals surface area contributed by atoms with Crippen LogP contribution in [0.3, 0.4) is 0 Å². The summed E-state index contributed by atoms with van der Waals surface area (Å²) >= 11 is 0. The topological polar surface area (TPSA) is 54.4 Å². The Morgan fingerprint density at radius 3 is 2.33 bits per heavy atom. The summed E-state index contributed by atoms with van der Waals surface area (Å²) in [5.74, 6) is 0. The van der Waals surface area contributed by atoms with Crippen LogP contribution in [0, 0.1) is 0 Å². The van der Waals surface area contributed by atoms with Crippen LogP contribution in [0.4, 0.5) is 0 Å². The van der Waals surface area contributed by atoms with E-state index in [0.717, 1.165) is 5.30 Å². The Labute approximate surface area is 97.3 Å². The molecule has 0 fully saturated rings. The number of hydrogen-bond donors (Lipinski definition) is 1. The maximum absolute atomic E-state index is 10.5. The van der Waals surface area contributed by atoms with Crippen LogP contribution in [-0.4, -0.2) is 13.0 Å². The Hall–Kier alpha value is 0.560. The molecule has 62 valence electrons. The Bertz CT molecular complexity index is 368. The summed E-state index contributed by atoms with van der Waals surface area (Å²) in [5.41, 5.74) is 0. The van der Waals surface area contributed by atoms with Gasteiger partial charge in [-0.1, -0.05) is 12.1 Å². The Balaban J connectivity index is 0. The van der Waals surface area contributed by atoms with Crippen LogP contribution >= 0.6 is 9.24 Å². The van der Waals surface area contributed by atoms with E-state index in [1.54, 1.807) is 12.1 Å². The first-order valence-electron chi connectivity index (χ1n) is 2.83. The van der Waals surface area contributed by atoms with Gasteiger partial charge in [-0.2, -0.15) is 8.42 Å². The van der Waals surface area contributed by atoms with Crippen molar-refractivity contribution in [3.8, 4) is 0 Å². The van der Waals surface area contributed by atoms with Crippen molar-refractivity contribution >= 4 is 24.7 Å². The van der Waals surface area contributed by atoms with Crippen LogP contribution in [0.2, 0.25) is 0 Å². The van der Waals surface area contributed by atoms with Gasteiger partial charge in [0.05, 0.1) is 4.90 Å². The van der Waals surface area contributed by atoms with Crippen LogP contribution in [0.1, 0.15) is 1.43 Å². The second-order valence-electron chi connectivity index (χ2n) is 2.05. The molecule has 0 amide bonds. The fourth-order valence-corrected chi connectivity index (χ4v) is 1.62. The van der Waals surface area contributed by atoms with Crippen molar-refractivity contribution in [1.82, 2.24) is 0 Å². The molecule has 0 aliphatic carbocycles. The normalized spacial score (nSPS) is 10.5. The summed E-state index contributed by atoms with van der Waals surface area (Å²) in [6.45, 7) is 0. The van der Waals surface area contributed by atoms with E-state index in [0.29, 0.717) is 0 Å². The molecule has 3 nitrogen and oxygen atoms in total. The molecule has 0 saturated heterocycles. The molecule has 0 saturated carbocycles. The molecule has 1 aromatic carbocycles. The predicted molar refractivity (Wildman–Crippen MR) is 46.7 cm³/mol. The maximum atomic E-state index is 10.5. The first-order chi connectivity index (χ1) is 5.00. The minimum atomic E-state index is -4.04. The Morgan fingerprint density at radius 1 is 1.42 bits per heavy atom. The molecule has 0 bridgehead atoms. The molecule has 0 radical (unpaired) electrons. The van der Waals surface area contributed by atoms with Crippen molar-refractivity contribution in [3.05, 3.63) is 24.3 Å². The fourth-order valence-electron chi connectivity index (χ4n) is 0.675. The molecule has 6 heteroatoms. The maximum Gasteiger partial charge on any atom is 1.00 e. The van der Waals surface area contributed by atoms with Crippen LogP contribution < -0.4 is 34.9 Å². The largest absolute Gasteiger partial charge is 1.00 e. The Morgan fingerprint density at radius 2 is 2.00 bits per heavy atom. The van der Waals surface area contributed by atoms with Crippen molar-refractivity contribution in [2.24, 2.45) is 0 Å². The van der Waals surface area contributed by atoms with Crippen LogP contribution in [0.25, 0.3) is 0 Å². The van der Waals surface area contributed by atoms with Crippen molar-refractivity contribution in [2.75, 3.05) is 0 Å². The van der Waals surface area contributed by atoms with Gasteiger partial charge in [0.1, 0.15) is 0 Å². The number of benzene rings is 1. The van der Waals surface area contributed by atoms with E-state index in [2.05, 4.69) is 9.24 Å². The fraction of sp³-hybridized carbons (Fsp3) is 0. The second-order valence-corrected chi connectivity index (χ2v) is 4.14. The zero-order valence-electron chi connectivity index (χ0n) is 7.56. The van der Waals surface area contributed by atoms with Crippen molar-refractivity contribution in [2.45, 2.75) is 4.90 Å². The average molecular weight is 214 g/mol. The van der Waals surface area contributed by atoms with Gasteiger partial charge in [-0.3, -0.25) is 4.55 Å². The molecule has 0 spiro atoms. The monoisotopic (exact) mass is 214 g/mol. The first kappa shape index (κ1) is 12.6. The van der Waals surface area contributed by atoms with E-state index in [9.17, 15) is 8.42 Å². The van der Waals surface area contributed by atoms with Crippen molar-refractivity contribution < 1.29 is 44.0 Å². The zero-order chi connectivity index (χ0) is 8.48. The van der Waals surface area contributed by atoms with E-state index < -0.39 is 10.1 Å². The number of rotatable bonds is 1. The molecule has 1 rings (SSSR count). The predicted octanol–water partition coefficient (Wildman–Crippen LogP) is -2.45. The van der Waals surface area contributed by atoms with Gasteiger partial charge in [0.25, 0.3) is 10.1 Å². The summed E-state index contributed by atoms with van der Waals surface area (Å²) in [5, 5.41) is 0.722. The number of hydrogen-bond acceptors (Lipinski definition) is 2. The molecule has 1 atom stereocenters. The standard InChI is InChI=1S/C6H7O3PS.Na.H/c7-11(8,9)6-3-1-2-5(10)4-6;;/h1-4H,10H2,(H,7,8,9);;/q;+1;-1. The van der Waals surface area contributed by atoms with Crippen LogP contribution in [0.5, 0.6) is 0 Å². The molecule has 0 heterocycles. The quantitative estimate of drug-likeness (QED) is 0.321. The van der Waals surface area contributed by atoms with E-state index >= 15 is 0 Å². The molecular weight excluding hydrogens is 206 g/mol. The minimum Gasteiger partial charge on any atom is -1.00 e. The smallest absolute Gasteiger partial charge is 1.00 e. The van der Waals surface area contributed by atoms with E-state index in [1.165, 1.54) is 12.1 Å². The van der Waals surface area contributed by atoms with Crippen LogP contribution in [0.15, 0.2) is 29.2 Å². The van der Waals surface area contributed by atoms with Crippen LogP contribution in [-0.2, 0) is 10.1 Å². The third kappa shape index (κ3) is 3.52. The summed E-state index contributed by atoms with van der Waals surface area (Å²) in [6.07, 6.45) is 0. The van der Waals surface area contributed by atoms with Gasteiger partial charge in [0, 0.05) is 0 Å². The van der Waals surface area contributed by atoms with Gasteiger partial charge in [-0.15, -0.1) is 9.24 Å². The van der Waals surface area contributed by atoms with Crippen molar-refractivity contribution in [1.29, 1.82) is 0 Å². The molecule has 1 unspecified atom stereocenters. The van der Waals surface area contributed by atoms with Gasteiger partial charge in [0.15, 0.2) is 0 Å². The third-order valence-electron chi connectivity index (χ3n) is 1.16. The van der Waals surface area contributed by atoms with E-state index in [1.807, 2.05) is 0 Å². The molecule has 1 N–H and O–H groups in total. The molecule has 1 aromatic rings. The van der Waals surface area contributed by atoms with Gasteiger partial charge >= 0.3 is 29.6 Å². The van der Waals surface area contributed by atoms with Gasteiger partial charge in [-0.05, 0) is 17.4 Å². The second kappa shape index (κ2) is 4.70. The molecule has 0 aliphatic heterocycles. The van der Waals surface area contributed by atoms with Gasteiger partial charge in [-0.25, -0.2) is 0 Å². The minimum absolute atomic E-state index is 0. The van der Waals surface area contributed by atoms with Gasteiger partial charge in [0.2, 0.25) is 0 Å². The summed E-state index contributed by atoms with van der Waals surface area (Å²) < 4.78 is 29.6.